The third-order valence-corrected chi connectivity index (χ3v) is 5.69. The number of hydrogen-bond acceptors (Lipinski definition) is 5. The molecule has 1 atom stereocenters. The van der Waals surface area contributed by atoms with Gasteiger partial charge in [0, 0.05) is 11.3 Å². The second-order valence-electron chi connectivity index (χ2n) is 8.17. The van der Waals surface area contributed by atoms with E-state index in [0.717, 1.165) is 16.7 Å². The molecule has 5 heteroatoms. The van der Waals surface area contributed by atoms with E-state index in [0.29, 0.717) is 17.0 Å². The van der Waals surface area contributed by atoms with Crippen molar-refractivity contribution in [3.8, 4) is 11.8 Å². The molecule has 180 valence electrons. The number of nitrogens with one attached hydrogen (secondary N) is 1. The van der Waals surface area contributed by atoms with E-state index in [1.807, 2.05) is 91.0 Å². The van der Waals surface area contributed by atoms with Crippen molar-refractivity contribution >= 4 is 17.6 Å². The molecule has 0 aliphatic carbocycles. The highest BCUT2D eigenvalue weighted by atomic mass is 16.5. The molecule has 3 aromatic carbocycles. The van der Waals surface area contributed by atoms with Gasteiger partial charge in [0.2, 0.25) is 0 Å². The Morgan fingerprint density at radius 3 is 2.03 bits per heavy atom. The molecular weight excluding hydrogens is 450 g/mol. The summed E-state index contributed by atoms with van der Waals surface area (Å²) in [5.74, 6) is 4.40. The van der Waals surface area contributed by atoms with Gasteiger partial charge in [-0.2, -0.15) is 0 Å². The van der Waals surface area contributed by atoms with Crippen LogP contribution in [0.15, 0.2) is 108 Å². The van der Waals surface area contributed by atoms with Crippen LogP contribution in [-0.2, 0) is 25.7 Å². The minimum atomic E-state index is -0.844. The third-order valence-electron chi connectivity index (χ3n) is 5.69. The summed E-state index contributed by atoms with van der Waals surface area (Å²) in [4.78, 5) is 26.7. The SMILES string of the molecule is CCOC(=O)C1=C(C)NC(c2ccccc2)=C(C(=O)OCc2ccccc2)[C@@H]1C#Cc1ccccc1. The van der Waals surface area contributed by atoms with Crippen LogP contribution in [0.5, 0.6) is 0 Å². The fraction of sp³-hybridized carbons (Fsp3) is 0.161. The molecule has 1 aliphatic rings. The molecule has 0 spiro atoms. The lowest BCUT2D eigenvalue weighted by atomic mass is 9.84. The number of rotatable bonds is 6. The predicted octanol–water partition coefficient (Wildman–Crippen LogP) is 5.25. The van der Waals surface area contributed by atoms with Crippen molar-refractivity contribution in [1.82, 2.24) is 5.32 Å². The molecule has 36 heavy (non-hydrogen) atoms. The minimum absolute atomic E-state index is 0.0987. The Morgan fingerprint density at radius 1 is 0.806 bits per heavy atom. The molecular formula is C31H27NO4. The van der Waals surface area contributed by atoms with Crippen LogP contribution in [0.2, 0.25) is 0 Å². The van der Waals surface area contributed by atoms with Gasteiger partial charge in [0.05, 0.1) is 29.4 Å². The van der Waals surface area contributed by atoms with Crippen molar-refractivity contribution in [2.45, 2.75) is 20.5 Å². The summed E-state index contributed by atoms with van der Waals surface area (Å²) in [6.07, 6.45) is 0. The van der Waals surface area contributed by atoms with Crippen molar-refractivity contribution in [2.24, 2.45) is 5.92 Å². The molecule has 0 amide bonds. The fourth-order valence-corrected chi connectivity index (χ4v) is 3.98. The molecule has 1 heterocycles. The monoisotopic (exact) mass is 477 g/mol. The number of allylic oxidation sites excluding steroid dienone is 1. The van der Waals surface area contributed by atoms with Gasteiger partial charge in [-0.15, -0.1) is 0 Å². The molecule has 0 saturated heterocycles. The van der Waals surface area contributed by atoms with E-state index in [4.69, 9.17) is 9.47 Å². The lowest BCUT2D eigenvalue weighted by molar-refractivity contribution is -0.140. The van der Waals surface area contributed by atoms with Crippen molar-refractivity contribution in [3.05, 3.63) is 125 Å². The van der Waals surface area contributed by atoms with Crippen molar-refractivity contribution in [3.63, 3.8) is 0 Å². The Balaban J connectivity index is 1.83. The summed E-state index contributed by atoms with van der Waals surface area (Å²) in [5, 5.41) is 3.27. The lowest BCUT2D eigenvalue weighted by Crippen LogP contribution is -2.33. The van der Waals surface area contributed by atoms with E-state index < -0.39 is 17.9 Å². The summed E-state index contributed by atoms with van der Waals surface area (Å²) in [5.41, 5.74) is 4.14. The smallest absolute Gasteiger partial charge is 0.338 e. The standard InChI is InChI=1S/C31H27NO4/c1-3-35-30(33)27-22(2)32-29(25-17-11-6-12-18-25)28(26(27)20-19-23-13-7-4-8-14-23)31(34)36-21-24-15-9-5-10-16-24/h4-18,26,32H,3,21H2,1-2H3/t26-/m1/s1. The van der Waals surface area contributed by atoms with Crippen molar-refractivity contribution < 1.29 is 19.1 Å². The van der Waals surface area contributed by atoms with Gasteiger partial charge in [0.1, 0.15) is 6.61 Å². The van der Waals surface area contributed by atoms with Gasteiger partial charge in [-0.1, -0.05) is 90.7 Å². The number of carbonyl (C=O) groups is 2. The maximum atomic E-state index is 13.6. The van der Waals surface area contributed by atoms with Crippen LogP contribution in [0.1, 0.15) is 30.5 Å². The second-order valence-corrected chi connectivity index (χ2v) is 8.17. The van der Waals surface area contributed by atoms with E-state index in [9.17, 15) is 9.59 Å². The van der Waals surface area contributed by atoms with E-state index in [1.54, 1.807) is 13.8 Å². The fourth-order valence-electron chi connectivity index (χ4n) is 3.98. The maximum Gasteiger partial charge on any atom is 0.338 e. The Labute approximate surface area is 211 Å². The van der Waals surface area contributed by atoms with E-state index in [-0.39, 0.29) is 18.8 Å². The number of carbonyl (C=O) groups excluding carboxylic acids is 2. The number of hydrogen-bond donors (Lipinski definition) is 1. The number of esters is 2. The van der Waals surface area contributed by atoms with E-state index in [2.05, 4.69) is 17.2 Å². The molecule has 5 nitrogen and oxygen atoms in total. The predicted molar refractivity (Wildman–Crippen MR) is 139 cm³/mol. The minimum Gasteiger partial charge on any atom is -0.463 e. The highest BCUT2D eigenvalue weighted by Gasteiger charge is 2.37. The molecule has 3 aromatic rings. The van der Waals surface area contributed by atoms with E-state index in [1.165, 1.54) is 0 Å². The first kappa shape index (κ1) is 24.6. The number of benzene rings is 3. The molecule has 0 unspecified atom stereocenters. The highest BCUT2D eigenvalue weighted by Crippen LogP contribution is 2.35. The largest absolute Gasteiger partial charge is 0.463 e. The first-order valence-corrected chi connectivity index (χ1v) is 11.8. The van der Waals surface area contributed by atoms with Gasteiger partial charge in [-0.25, -0.2) is 9.59 Å². The Hall–Kier alpha value is -4.56. The molecule has 0 radical (unpaired) electrons. The summed E-state index contributed by atoms with van der Waals surface area (Å²) in [6, 6.07) is 28.4. The molecule has 0 aromatic heterocycles. The zero-order valence-corrected chi connectivity index (χ0v) is 20.3. The first-order valence-electron chi connectivity index (χ1n) is 11.8. The van der Waals surface area contributed by atoms with Crippen LogP contribution < -0.4 is 5.32 Å². The van der Waals surface area contributed by atoms with Gasteiger partial charge >= 0.3 is 11.9 Å². The summed E-state index contributed by atoms with van der Waals surface area (Å²) < 4.78 is 11.1. The topological polar surface area (TPSA) is 64.6 Å². The highest BCUT2D eigenvalue weighted by molar-refractivity contribution is 6.04. The molecule has 0 saturated carbocycles. The normalized spacial score (nSPS) is 14.9. The first-order chi connectivity index (χ1) is 17.6. The summed E-state index contributed by atoms with van der Waals surface area (Å²) in [6.45, 7) is 3.84. The second kappa shape index (κ2) is 11.7. The molecule has 0 bridgehead atoms. The third kappa shape index (κ3) is 5.73. The Kier molecular flexibility index (Phi) is 8.00. The molecule has 1 N–H and O–H groups in total. The van der Waals surface area contributed by atoms with Crippen LogP contribution >= 0.6 is 0 Å². The zero-order chi connectivity index (χ0) is 25.3. The quantitative estimate of drug-likeness (QED) is 0.388. The zero-order valence-electron chi connectivity index (χ0n) is 20.3. The summed E-state index contributed by atoms with van der Waals surface area (Å²) in [7, 11) is 0. The van der Waals surface area contributed by atoms with Crippen LogP contribution in [0.3, 0.4) is 0 Å². The molecule has 4 rings (SSSR count). The van der Waals surface area contributed by atoms with E-state index >= 15 is 0 Å². The van der Waals surface area contributed by atoms with Crippen LogP contribution in [-0.4, -0.2) is 18.5 Å². The van der Waals surface area contributed by atoms with Gasteiger partial charge in [0.25, 0.3) is 0 Å². The van der Waals surface area contributed by atoms with Crippen LogP contribution in [0.4, 0.5) is 0 Å². The maximum absolute atomic E-state index is 13.6. The molecule has 1 aliphatic heterocycles. The van der Waals surface area contributed by atoms with Gasteiger partial charge in [-0.05, 0) is 37.1 Å². The average molecular weight is 478 g/mol. The van der Waals surface area contributed by atoms with Gasteiger partial charge in [0.15, 0.2) is 0 Å². The average Bonchev–Trinajstić information content (AvgIpc) is 2.92. The number of dihydropyridines is 1. The summed E-state index contributed by atoms with van der Waals surface area (Å²) >= 11 is 0. The van der Waals surface area contributed by atoms with Crippen molar-refractivity contribution in [2.75, 3.05) is 6.61 Å². The van der Waals surface area contributed by atoms with Gasteiger partial charge < -0.3 is 14.8 Å². The lowest BCUT2D eigenvalue weighted by Gasteiger charge is -2.29. The van der Waals surface area contributed by atoms with Crippen LogP contribution in [0, 0.1) is 17.8 Å². The Morgan fingerprint density at radius 2 is 1.39 bits per heavy atom. The number of ether oxygens (including phenoxy) is 2. The Bertz CT molecular complexity index is 1350. The van der Waals surface area contributed by atoms with Crippen molar-refractivity contribution in [1.29, 1.82) is 0 Å². The molecule has 0 fully saturated rings. The van der Waals surface area contributed by atoms with Gasteiger partial charge in [-0.3, -0.25) is 0 Å². The van der Waals surface area contributed by atoms with Crippen LogP contribution in [0.25, 0.3) is 5.70 Å².